The van der Waals surface area contributed by atoms with Crippen LogP contribution in [0, 0.1) is 0 Å². The number of ether oxygens (including phenoxy) is 4. The van der Waals surface area contributed by atoms with E-state index in [1.165, 1.54) is 25.6 Å². The van der Waals surface area contributed by atoms with Crippen LogP contribution in [0.2, 0.25) is 0 Å². The number of rotatable bonds is 6. The van der Waals surface area contributed by atoms with Crippen molar-refractivity contribution in [2.45, 2.75) is 0 Å². The topological polar surface area (TPSA) is 90.9 Å². The number of nitrogens with one attached hydrogen (secondary N) is 2. The van der Waals surface area contributed by atoms with Gasteiger partial charge in [0.25, 0.3) is 5.91 Å². The third kappa shape index (κ3) is 4.49. The molecule has 29 heavy (non-hydrogen) atoms. The fourth-order valence-electron chi connectivity index (χ4n) is 2.59. The quantitative estimate of drug-likeness (QED) is 0.571. The highest BCUT2D eigenvalue weighted by atomic mass is 32.1. The van der Waals surface area contributed by atoms with Crippen LogP contribution in [0.25, 0.3) is 10.2 Å². The summed E-state index contributed by atoms with van der Waals surface area (Å²) >= 11 is 6.61. The molecular weight excluding hydrogens is 414 g/mol. The molecule has 0 aliphatic rings. The van der Waals surface area contributed by atoms with Gasteiger partial charge < -0.3 is 24.3 Å². The van der Waals surface area contributed by atoms with Gasteiger partial charge in [-0.1, -0.05) is 11.3 Å². The van der Waals surface area contributed by atoms with Crippen LogP contribution in [0.4, 0.5) is 5.13 Å². The number of benzene rings is 2. The zero-order valence-electron chi connectivity index (χ0n) is 16.2. The molecule has 0 saturated heterocycles. The molecule has 3 rings (SSSR count). The van der Waals surface area contributed by atoms with E-state index in [0.29, 0.717) is 39.2 Å². The van der Waals surface area contributed by atoms with E-state index in [4.69, 9.17) is 31.2 Å². The summed E-state index contributed by atoms with van der Waals surface area (Å²) in [6, 6.07) is 8.50. The Kier molecular flexibility index (Phi) is 6.35. The van der Waals surface area contributed by atoms with Crippen LogP contribution >= 0.6 is 23.6 Å². The van der Waals surface area contributed by atoms with Crippen molar-refractivity contribution in [2.75, 3.05) is 33.8 Å². The summed E-state index contributed by atoms with van der Waals surface area (Å²) in [5, 5.41) is 6.17. The molecule has 1 amide bonds. The lowest BCUT2D eigenvalue weighted by Crippen LogP contribution is -2.34. The molecule has 0 spiro atoms. The molecule has 0 atom stereocenters. The fraction of sp³-hybridized carbons (Fsp3) is 0.211. The van der Waals surface area contributed by atoms with Crippen molar-refractivity contribution in [3.63, 3.8) is 0 Å². The molecule has 0 unspecified atom stereocenters. The molecule has 0 fully saturated rings. The van der Waals surface area contributed by atoms with Gasteiger partial charge in [-0.05, 0) is 30.4 Å². The summed E-state index contributed by atoms with van der Waals surface area (Å²) in [6.45, 7) is 0. The van der Waals surface area contributed by atoms with Crippen LogP contribution in [-0.2, 0) is 0 Å². The Morgan fingerprint density at radius 2 is 1.66 bits per heavy atom. The van der Waals surface area contributed by atoms with Gasteiger partial charge in [0.1, 0.15) is 28.5 Å². The van der Waals surface area contributed by atoms with Gasteiger partial charge in [0.2, 0.25) is 0 Å². The number of thiocarbonyl (C=S) groups is 1. The SMILES string of the molecule is COc1ccc(C(=O)NC(=S)Nc2nc3c(OC)cc(OC)cc3s2)c(OC)c1. The van der Waals surface area contributed by atoms with E-state index in [1.54, 1.807) is 38.5 Å². The number of thiazole rings is 1. The normalized spacial score (nSPS) is 10.3. The van der Waals surface area contributed by atoms with Crippen molar-refractivity contribution < 1.29 is 23.7 Å². The molecule has 0 bridgehead atoms. The van der Waals surface area contributed by atoms with Crippen LogP contribution in [0.3, 0.4) is 0 Å². The van der Waals surface area contributed by atoms with E-state index in [1.807, 2.05) is 6.07 Å². The molecule has 10 heteroatoms. The third-order valence-electron chi connectivity index (χ3n) is 3.99. The standard InChI is InChI=1S/C19H19N3O5S2/c1-24-10-5-6-12(13(7-10)26-3)17(23)21-18(28)22-19-20-16-14(27-4)8-11(25-2)9-15(16)29-19/h5-9H,1-4H3,(H2,20,21,22,23,28). The van der Waals surface area contributed by atoms with Crippen molar-refractivity contribution in [3.8, 4) is 23.0 Å². The number of carbonyl (C=O) groups is 1. The molecule has 0 radical (unpaired) electrons. The number of hydrogen-bond acceptors (Lipinski definition) is 8. The predicted molar refractivity (Wildman–Crippen MR) is 116 cm³/mol. The molecule has 0 saturated carbocycles. The maximum Gasteiger partial charge on any atom is 0.261 e. The molecule has 1 heterocycles. The summed E-state index contributed by atoms with van der Waals surface area (Å²) in [5.41, 5.74) is 1.000. The molecule has 8 nitrogen and oxygen atoms in total. The summed E-state index contributed by atoms with van der Waals surface area (Å²) < 4.78 is 21.9. The van der Waals surface area contributed by atoms with E-state index in [9.17, 15) is 4.79 Å². The molecule has 0 aliphatic heterocycles. The molecule has 152 valence electrons. The van der Waals surface area contributed by atoms with Gasteiger partial charge in [0.15, 0.2) is 10.2 Å². The maximum atomic E-state index is 12.6. The average Bonchev–Trinajstić information content (AvgIpc) is 3.14. The smallest absolute Gasteiger partial charge is 0.261 e. The number of nitrogens with zero attached hydrogens (tertiary/aromatic N) is 1. The van der Waals surface area contributed by atoms with Gasteiger partial charge in [-0.25, -0.2) is 4.98 Å². The van der Waals surface area contributed by atoms with Gasteiger partial charge in [0.05, 0.1) is 38.7 Å². The Balaban J connectivity index is 1.76. The van der Waals surface area contributed by atoms with Gasteiger partial charge >= 0.3 is 0 Å². The van der Waals surface area contributed by atoms with E-state index in [-0.39, 0.29) is 5.11 Å². The Labute approximate surface area is 176 Å². The zero-order valence-corrected chi connectivity index (χ0v) is 17.8. The second-order valence-corrected chi connectivity index (χ2v) is 7.11. The number of amides is 1. The lowest BCUT2D eigenvalue weighted by atomic mass is 10.2. The zero-order chi connectivity index (χ0) is 21.0. The van der Waals surface area contributed by atoms with E-state index in [2.05, 4.69) is 15.6 Å². The second-order valence-electron chi connectivity index (χ2n) is 5.67. The summed E-state index contributed by atoms with van der Waals surface area (Å²) in [5.74, 6) is 1.79. The van der Waals surface area contributed by atoms with Crippen LogP contribution < -0.4 is 29.6 Å². The molecular formula is C19H19N3O5S2. The van der Waals surface area contributed by atoms with E-state index in [0.717, 1.165) is 4.70 Å². The highest BCUT2D eigenvalue weighted by Gasteiger charge is 2.16. The highest BCUT2D eigenvalue weighted by molar-refractivity contribution is 7.80. The van der Waals surface area contributed by atoms with Gasteiger partial charge in [-0.2, -0.15) is 0 Å². The minimum atomic E-state index is -0.414. The third-order valence-corrected chi connectivity index (χ3v) is 5.11. The van der Waals surface area contributed by atoms with Gasteiger partial charge in [-0.15, -0.1) is 0 Å². The van der Waals surface area contributed by atoms with Crippen LogP contribution in [0.5, 0.6) is 23.0 Å². The van der Waals surface area contributed by atoms with Crippen molar-refractivity contribution in [2.24, 2.45) is 0 Å². The lowest BCUT2D eigenvalue weighted by Gasteiger charge is -2.11. The molecule has 1 aromatic heterocycles. The summed E-state index contributed by atoms with van der Waals surface area (Å²) in [7, 11) is 6.16. The Morgan fingerprint density at radius 1 is 0.966 bits per heavy atom. The summed E-state index contributed by atoms with van der Waals surface area (Å²) in [4.78, 5) is 17.0. The van der Waals surface area contributed by atoms with Crippen molar-refractivity contribution >= 4 is 49.9 Å². The van der Waals surface area contributed by atoms with Gasteiger partial charge in [-0.3, -0.25) is 10.1 Å². The first-order chi connectivity index (χ1) is 14.0. The fourth-order valence-corrected chi connectivity index (χ4v) is 3.76. The largest absolute Gasteiger partial charge is 0.497 e. The second kappa shape index (κ2) is 8.93. The number of fused-ring (bicyclic) bond motifs is 1. The van der Waals surface area contributed by atoms with Crippen LogP contribution in [-0.4, -0.2) is 44.4 Å². The van der Waals surface area contributed by atoms with Gasteiger partial charge in [0, 0.05) is 12.1 Å². The molecule has 2 N–H and O–H groups in total. The number of anilines is 1. The Morgan fingerprint density at radius 3 is 2.31 bits per heavy atom. The first-order valence-corrected chi connectivity index (χ1v) is 9.58. The maximum absolute atomic E-state index is 12.6. The van der Waals surface area contributed by atoms with Crippen molar-refractivity contribution in [1.82, 2.24) is 10.3 Å². The number of carbonyl (C=O) groups excluding carboxylic acids is 1. The Bertz CT molecular complexity index is 1070. The van der Waals surface area contributed by atoms with Crippen molar-refractivity contribution in [3.05, 3.63) is 35.9 Å². The monoisotopic (exact) mass is 433 g/mol. The number of hydrogen-bond donors (Lipinski definition) is 2. The molecule has 0 aliphatic carbocycles. The minimum absolute atomic E-state index is 0.109. The van der Waals surface area contributed by atoms with E-state index < -0.39 is 5.91 Å². The van der Waals surface area contributed by atoms with E-state index >= 15 is 0 Å². The van der Waals surface area contributed by atoms with Crippen molar-refractivity contribution in [1.29, 1.82) is 0 Å². The number of aromatic nitrogens is 1. The Hall–Kier alpha value is -3.11. The first-order valence-electron chi connectivity index (χ1n) is 8.36. The van der Waals surface area contributed by atoms with Crippen LogP contribution in [0.15, 0.2) is 30.3 Å². The minimum Gasteiger partial charge on any atom is -0.497 e. The molecule has 3 aromatic rings. The predicted octanol–water partition coefficient (Wildman–Crippen LogP) is 3.46. The summed E-state index contributed by atoms with van der Waals surface area (Å²) in [6.07, 6.45) is 0. The average molecular weight is 434 g/mol. The highest BCUT2D eigenvalue weighted by Crippen LogP contribution is 2.36. The number of methoxy groups -OCH3 is 4. The molecule has 2 aromatic carbocycles. The first kappa shape index (κ1) is 20.6. The lowest BCUT2D eigenvalue weighted by molar-refractivity contribution is 0.0974. The van der Waals surface area contributed by atoms with Crippen LogP contribution in [0.1, 0.15) is 10.4 Å².